The number of nitriles is 1. The quantitative estimate of drug-likeness (QED) is 0.429. The van der Waals surface area contributed by atoms with Crippen molar-refractivity contribution in [1.82, 2.24) is 9.97 Å². The van der Waals surface area contributed by atoms with Gasteiger partial charge in [-0.1, -0.05) is 54.6 Å². The Bertz CT molecular complexity index is 837. The molecule has 0 saturated carbocycles. The fraction of sp³-hybridized carbons (Fsp3) is 0. The lowest BCUT2D eigenvalue weighted by Crippen LogP contribution is -1.76. The number of aromatic nitrogens is 2. The van der Waals surface area contributed by atoms with Crippen LogP contribution in [0.2, 0.25) is 0 Å². The Kier molecular flexibility index (Phi) is 4.38. The molecule has 106 valence electrons. The highest BCUT2D eigenvalue weighted by Crippen LogP contribution is 2.25. The van der Waals surface area contributed by atoms with Gasteiger partial charge in [-0.15, -0.1) is 0 Å². The van der Waals surface area contributed by atoms with E-state index in [-0.39, 0.29) is 0 Å². The van der Waals surface area contributed by atoms with Gasteiger partial charge in [-0.2, -0.15) is 5.26 Å². The number of H-pyrrole nitrogens is 1. The molecular formula is C18H13N3S. The van der Waals surface area contributed by atoms with Crippen molar-refractivity contribution < 1.29 is 0 Å². The minimum atomic E-state index is 0.589. The number of thioether (sulfide) groups is 1. The second kappa shape index (κ2) is 6.79. The molecule has 0 unspecified atom stereocenters. The fourth-order valence-electron chi connectivity index (χ4n) is 1.99. The van der Waals surface area contributed by atoms with E-state index in [0.717, 1.165) is 21.8 Å². The lowest BCUT2D eigenvalue weighted by Gasteiger charge is -1.93. The Balaban J connectivity index is 1.75. The first-order chi connectivity index (χ1) is 10.8. The summed E-state index contributed by atoms with van der Waals surface area (Å²) in [5, 5.41) is 9.97. The Morgan fingerprint density at radius 2 is 1.86 bits per heavy atom. The summed E-state index contributed by atoms with van der Waals surface area (Å²) in [6, 6.07) is 20.0. The maximum Gasteiger partial charge on any atom is 0.171 e. The van der Waals surface area contributed by atoms with Gasteiger partial charge in [0, 0.05) is 0 Å². The predicted molar refractivity (Wildman–Crippen MR) is 91.1 cm³/mol. The third-order valence-electron chi connectivity index (χ3n) is 3.02. The van der Waals surface area contributed by atoms with Crippen LogP contribution in [0.4, 0.5) is 0 Å². The van der Waals surface area contributed by atoms with E-state index < -0.39 is 0 Å². The van der Waals surface area contributed by atoms with Crippen LogP contribution < -0.4 is 0 Å². The van der Waals surface area contributed by atoms with Crippen molar-refractivity contribution in [1.29, 1.82) is 5.26 Å². The van der Waals surface area contributed by atoms with Gasteiger partial charge in [0.2, 0.25) is 0 Å². The molecule has 0 saturated heterocycles. The Labute approximate surface area is 133 Å². The number of fused-ring (bicyclic) bond motifs is 1. The molecule has 1 aromatic heterocycles. The molecule has 4 heteroatoms. The smallest absolute Gasteiger partial charge is 0.171 e. The van der Waals surface area contributed by atoms with Gasteiger partial charge >= 0.3 is 0 Å². The van der Waals surface area contributed by atoms with Crippen molar-refractivity contribution in [2.45, 2.75) is 5.16 Å². The highest BCUT2D eigenvalue weighted by Gasteiger charge is 2.05. The second-order valence-corrected chi connectivity index (χ2v) is 5.60. The van der Waals surface area contributed by atoms with Crippen molar-refractivity contribution in [2.75, 3.05) is 0 Å². The zero-order chi connectivity index (χ0) is 15.2. The van der Waals surface area contributed by atoms with Gasteiger partial charge < -0.3 is 4.98 Å². The van der Waals surface area contributed by atoms with E-state index in [2.05, 4.69) is 16.0 Å². The molecule has 0 aliphatic carbocycles. The number of rotatable bonds is 4. The van der Waals surface area contributed by atoms with E-state index in [1.165, 1.54) is 11.8 Å². The SMILES string of the molecule is N#C/C(=C\C=C\c1ccccc1)Sc1nc2ccccc2[nH]1. The van der Waals surface area contributed by atoms with Gasteiger partial charge in [0.05, 0.1) is 15.9 Å². The van der Waals surface area contributed by atoms with Crippen LogP contribution in [0.1, 0.15) is 5.56 Å². The summed E-state index contributed by atoms with van der Waals surface area (Å²) in [5.41, 5.74) is 2.98. The summed E-state index contributed by atoms with van der Waals surface area (Å²) in [5.74, 6) is 0. The summed E-state index contributed by atoms with van der Waals surface area (Å²) < 4.78 is 0. The van der Waals surface area contributed by atoms with Crippen molar-refractivity contribution in [2.24, 2.45) is 0 Å². The number of imidazole rings is 1. The highest BCUT2D eigenvalue weighted by molar-refractivity contribution is 8.03. The first kappa shape index (κ1) is 14.2. The molecule has 0 spiro atoms. The standard InChI is InChI=1S/C18H13N3S/c19-13-15(10-6-9-14-7-2-1-3-8-14)22-18-20-16-11-4-5-12-17(16)21-18/h1-12H,(H,20,21)/b9-6+,15-10+. The molecule has 0 atom stereocenters. The highest BCUT2D eigenvalue weighted by atomic mass is 32.2. The number of aromatic amines is 1. The summed E-state index contributed by atoms with van der Waals surface area (Å²) in [7, 11) is 0. The van der Waals surface area contributed by atoms with E-state index in [0.29, 0.717) is 4.91 Å². The van der Waals surface area contributed by atoms with E-state index in [9.17, 15) is 5.26 Å². The molecule has 0 aliphatic rings. The van der Waals surface area contributed by atoms with Gasteiger partial charge in [-0.05, 0) is 35.5 Å². The first-order valence-electron chi connectivity index (χ1n) is 6.81. The monoisotopic (exact) mass is 303 g/mol. The molecule has 0 amide bonds. The van der Waals surface area contributed by atoms with Crippen LogP contribution in [0.3, 0.4) is 0 Å². The van der Waals surface area contributed by atoms with Crippen LogP contribution >= 0.6 is 11.8 Å². The van der Waals surface area contributed by atoms with Crippen LogP contribution in [0, 0.1) is 11.3 Å². The third-order valence-corrected chi connectivity index (χ3v) is 3.85. The van der Waals surface area contributed by atoms with Crippen LogP contribution in [0.5, 0.6) is 0 Å². The topological polar surface area (TPSA) is 52.5 Å². The Hall–Kier alpha value is -2.77. The summed E-state index contributed by atoms with van der Waals surface area (Å²) in [4.78, 5) is 8.25. The zero-order valence-electron chi connectivity index (χ0n) is 11.7. The normalized spacial score (nSPS) is 11.9. The predicted octanol–water partition coefficient (Wildman–Crippen LogP) is 4.78. The van der Waals surface area contributed by atoms with Gasteiger partial charge in [0.1, 0.15) is 6.07 Å². The number of nitrogens with one attached hydrogen (secondary N) is 1. The van der Waals surface area contributed by atoms with Crippen molar-refractivity contribution >= 4 is 28.9 Å². The zero-order valence-corrected chi connectivity index (χ0v) is 12.5. The minimum absolute atomic E-state index is 0.589. The molecule has 0 radical (unpaired) electrons. The van der Waals surface area contributed by atoms with E-state index >= 15 is 0 Å². The average molecular weight is 303 g/mol. The number of allylic oxidation sites excluding steroid dienone is 3. The van der Waals surface area contributed by atoms with Crippen molar-refractivity contribution in [3.63, 3.8) is 0 Å². The van der Waals surface area contributed by atoms with Crippen LogP contribution in [0.15, 0.2) is 76.8 Å². The largest absolute Gasteiger partial charge is 0.333 e. The Morgan fingerprint density at radius 1 is 1.09 bits per heavy atom. The number of hydrogen-bond donors (Lipinski definition) is 1. The molecule has 0 fully saturated rings. The minimum Gasteiger partial charge on any atom is -0.333 e. The third kappa shape index (κ3) is 3.46. The molecule has 1 heterocycles. The lowest BCUT2D eigenvalue weighted by molar-refractivity contribution is 1.09. The van der Waals surface area contributed by atoms with Crippen LogP contribution in [0.25, 0.3) is 17.1 Å². The molecule has 3 rings (SSSR count). The number of hydrogen-bond acceptors (Lipinski definition) is 3. The van der Waals surface area contributed by atoms with Gasteiger partial charge in [0.25, 0.3) is 0 Å². The van der Waals surface area contributed by atoms with Crippen LogP contribution in [-0.2, 0) is 0 Å². The first-order valence-corrected chi connectivity index (χ1v) is 7.63. The molecule has 0 bridgehead atoms. The lowest BCUT2D eigenvalue weighted by atomic mass is 10.2. The summed E-state index contributed by atoms with van der Waals surface area (Å²) in [6.45, 7) is 0. The molecular weight excluding hydrogens is 290 g/mol. The maximum absolute atomic E-state index is 9.24. The summed E-state index contributed by atoms with van der Waals surface area (Å²) in [6.07, 6.45) is 5.64. The molecule has 22 heavy (non-hydrogen) atoms. The van der Waals surface area contributed by atoms with E-state index in [1.807, 2.05) is 66.7 Å². The fourth-order valence-corrected chi connectivity index (χ4v) is 2.69. The molecule has 2 aromatic carbocycles. The van der Waals surface area contributed by atoms with Gasteiger partial charge in [-0.25, -0.2) is 4.98 Å². The number of para-hydroxylation sites is 2. The maximum atomic E-state index is 9.24. The van der Waals surface area contributed by atoms with E-state index in [1.54, 1.807) is 6.08 Å². The number of benzene rings is 2. The second-order valence-electron chi connectivity index (χ2n) is 4.57. The van der Waals surface area contributed by atoms with Gasteiger partial charge in [0.15, 0.2) is 5.16 Å². The Morgan fingerprint density at radius 3 is 2.64 bits per heavy atom. The van der Waals surface area contributed by atoms with Crippen molar-refractivity contribution in [3.05, 3.63) is 77.2 Å². The molecule has 3 aromatic rings. The average Bonchev–Trinajstić information content (AvgIpc) is 2.97. The van der Waals surface area contributed by atoms with E-state index in [4.69, 9.17) is 0 Å². The van der Waals surface area contributed by atoms with Crippen LogP contribution in [-0.4, -0.2) is 9.97 Å². The molecule has 3 nitrogen and oxygen atoms in total. The van der Waals surface area contributed by atoms with Gasteiger partial charge in [-0.3, -0.25) is 0 Å². The summed E-state index contributed by atoms with van der Waals surface area (Å²) >= 11 is 1.33. The number of nitrogens with zero attached hydrogens (tertiary/aromatic N) is 2. The molecule has 1 N–H and O–H groups in total. The van der Waals surface area contributed by atoms with Crippen molar-refractivity contribution in [3.8, 4) is 6.07 Å². The molecule has 0 aliphatic heterocycles.